The molecular formula is C18H23N4O9P. The molecule has 32 heavy (non-hydrogen) atoms. The van der Waals surface area contributed by atoms with Crippen molar-refractivity contribution in [2.24, 2.45) is 5.73 Å². The highest BCUT2D eigenvalue weighted by molar-refractivity contribution is 7.46. The highest BCUT2D eigenvalue weighted by Crippen LogP contribution is 2.39. The van der Waals surface area contributed by atoms with Crippen LogP contribution in [0.2, 0.25) is 0 Å². The zero-order valence-electron chi connectivity index (χ0n) is 16.6. The minimum absolute atomic E-state index is 0.0602. The number of phosphoric acid groups is 1. The molecule has 1 aromatic carbocycles. The Labute approximate surface area is 181 Å². The summed E-state index contributed by atoms with van der Waals surface area (Å²) >= 11 is 0. The number of hydrogen-bond acceptors (Lipinski definition) is 10. The Balaban J connectivity index is 1.78. The van der Waals surface area contributed by atoms with Gasteiger partial charge in [-0.25, -0.2) is 9.36 Å². The Bertz CT molecular complexity index is 1040. The third-order valence-electron chi connectivity index (χ3n) is 4.70. The zero-order chi connectivity index (χ0) is 23.5. The lowest BCUT2D eigenvalue weighted by Gasteiger charge is -2.22. The Kier molecular flexibility index (Phi) is 7.41. The number of carbonyl (C=O) groups is 1. The molecule has 7 N–H and O–H groups in total. The lowest BCUT2D eigenvalue weighted by molar-refractivity contribution is -0.158. The van der Waals surface area contributed by atoms with Crippen LogP contribution in [0, 0.1) is 0 Å². The predicted octanol–water partition coefficient (Wildman–Crippen LogP) is -1.33. The number of anilines is 1. The van der Waals surface area contributed by atoms with Crippen LogP contribution in [0.4, 0.5) is 5.82 Å². The summed E-state index contributed by atoms with van der Waals surface area (Å²) in [6.07, 6.45) is -4.38. The third kappa shape index (κ3) is 5.99. The molecule has 0 radical (unpaired) electrons. The van der Waals surface area contributed by atoms with E-state index in [1.807, 2.05) is 0 Å². The quantitative estimate of drug-likeness (QED) is 0.225. The van der Waals surface area contributed by atoms with Crippen molar-refractivity contribution in [3.05, 3.63) is 58.6 Å². The van der Waals surface area contributed by atoms with Gasteiger partial charge in [-0.3, -0.25) is 13.9 Å². The van der Waals surface area contributed by atoms with Crippen molar-refractivity contribution < 1.29 is 38.3 Å². The summed E-state index contributed by atoms with van der Waals surface area (Å²) in [4.78, 5) is 46.2. The SMILES string of the molecule is Nc1ccn([C@@H]2O[C@H](COP(=O)(O)O)[C@@H](OC(=O)[C@H](N)Cc3ccccc3)[C@H]2O)c(=O)n1. The number of esters is 1. The average Bonchev–Trinajstić information content (AvgIpc) is 3.02. The van der Waals surface area contributed by atoms with Gasteiger partial charge in [-0.2, -0.15) is 4.98 Å². The number of benzene rings is 1. The number of nitrogens with zero attached hydrogens (tertiary/aromatic N) is 2. The molecule has 1 aliphatic heterocycles. The molecule has 1 aromatic heterocycles. The summed E-state index contributed by atoms with van der Waals surface area (Å²) in [5.74, 6) is -0.943. The summed E-state index contributed by atoms with van der Waals surface area (Å²) in [5.41, 5.74) is 11.3. The van der Waals surface area contributed by atoms with Crippen molar-refractivity contribution in [3.8, 4) is 0 Å². The monoisotopic (exact) mass is 470 g/mol. The second-order valence-corrected chi connectivity index (χ2v) is 8.32. The number of hydrogen-bond donors (Lipinski definition) is 5. The molecule has 1 aliphatic rings. The van der Waals surface area contributed by atoms with E-state index in [0.717, 1.165) is 10.1 Å². The molecule has 13 nitrogen and oxygen atoms in total. The van der Waals surface area contributed by atoms with Gasteiger partial charge in [-0.15, -0.1) is 0 Å². The number of aliphatic hydroxyl groups excluding tert-OH is 1. The minimum Gasteiger partial charge on any atom is -0.455 e. The third-order valence-corrected chi connectivity index (χ3v) is 5.18. The van der Waals surface area contributed by atoms with Gasteiger partial charge >= 0.3 is 19.5 Å². The minimum atomic E-state index is -4.90. The number of ether oxygens (including phenoxy) is 2. The van der Waals surface area contributed by atoms with E-state index in [-0.39, 0.29) is 12.2 Å². The summed E-state index contributed by atoms with van der Waals surface area (Å²) in [5, 5.41) is 10.7. The maximum Gasteiger partial charge on any atom is 0.469 e. The van der Waals surface area contributed by atoms with Crippen molar-refractivity contribution in [2.45, 2.75) is 37.0 Å². The first-order valence-electron chi connectivity index (χ1n) is 9.43. The van der Waals surface area contributed by atoms with E-state index in [1.165, 1.54) is 12.3 Å². The van der Waals surface area contributed by atoms with E-state index < -0.39 is 56.7 Å². The van der Waals surface area contributed by atoms with E-state index in [4.69, 9.17) is 30.7 Å². The highest BCUT2D eigenvalue weighted by atomic mass is 31.2. The summed E-state index contributed by atoms with van der Waals surface area (Å²) in [7, 11) is -4.90. The number of aromatic nitrogens is 2. The topological polar surface area (TPSA) is 209 Å². The van der Waals surface area contributed by atoms with Crippen LogP contribution in [0.15, 0.2) is 47.4 Å². The number of aliphatic hydroxyl groups is 1. The molecule has 0 aliphatic carbocycles. The van der Waals surface area contributed by atoms with Crippen LogP contribution < -0.4 is 17.2 Å². The fourth-order valence-electron chi connectivity index (χ4n) is 3.19. The Morgan fingerprint density at radius 2 is 1.97 bits per heavy atom. The number of rotatable bonds is 8. The zero-order valence-corrected chi connectivity index (χ0v) is 17.5. The van der Waals surface area contributed by atoms with Crippen molar-refractivity contribution >= 4 is 19.6 Å². The molecule has 0 amide bonds. The van der Waals surface area contributed by atoms with Crippen LogP contribution in [0.1, 0.15) is 11.8 Å². The second kappa shape index (κ2) is 9.88. The first-order chi connectivity index (χ1) is 15.0. The Morgan fingerprint density at radius 3 is 2.59 bits per heavy atom. The van der Waals surface area contributed by atoms with Crippen LogP contribution in [0.3, 0.4) is 0 Å². The van der Waals surface area contributed by atoms with E-state index in [9.17, 15) is 19.3 Å². The van der Waals surface area contributed by atoms with Gasteiger partial charge in [0.25, 0.3) is 0 Å². The molecule has 1 fully saturated rings. The first-order valence-corrected chi connectivity index (χ1v) is 11.0. The Morgan fingerprint density at radius 1 is 1.28 bits per heavy atom. The molecule has 2 aromatic rings. The van der Waals surface area contributed by atoms with Gasteiger partial charge in [0.2, 0.25) is 0 Å². The lowest BCUT2D eigenvalue weighted by Crippen LogP contribution is -2.44. The average molecular weight is 470 g/mol. The van der Waals surface area contributed by atoms with Crippen molar-refractivity contribution in [1.29, 1.82) is 0 Å². The predicted molar refractivity (Wildman–Crippen MR) is 109 cm³/mol. The molecule has 174 valence electrons. The number of phosphoric ester groups is 1. The standard InChI is InChI=1S/C18H23N4O9P/c19-11(8-10-4-2-1-3-5-10)17(24)31-15-12(9-29-32(26,27)28)30-16(14(15)23)22-7-6-13(20)21-18(22)25/h1-7,11-12,14-16,23H,8-9,19H2,(H2,20,21,25)(H2,26,27,28)/t11-,12-,14-,15-,16-/m1/s1. The molecule has 0 bridgehead atoms. The summed E-state index contributed by atoms with van der Waals surface area (Å²) in [6, 6.07) is 9.10. The van der Waals surface area contributed by atoms with E-state index in [2.05, 4.69) is 9.51 Å². The fourth-order valence-corrected chi connectivity index (χ4v) is 3.53. The van der Waals surface area contributed by atoms with Crippen LogP contribution >= 0.6 is 7.82 Å². The molecule has 0 unspecified atom stereocenters. The number of nitrogens with two attached hydrogens (primary N) is 2. The van der Waals surface area contributed by atoms with Crippen LogP contribution in [0.25, 0.3) is 0 Å². The Hall–Kier alpha value is -2.64. The molecule has 5 atom stereocenters. The van der Waals surface area contributed by atoms with Crippen molar-refractivity contribution in [2.75, 3.05) is 12.3 Å². The van der Waals surface area contributed by atoms with Crippen LogP contribution in [-0.4, -0.2) is 61.4 Å². The normalized spacial score (nSPS) is 24.2. The molecule has 2 heterocycles. The maximum absolute atomic E-state index is 12.5. The van der Waals surface area contributed by atoms with Gasteiger partial charge < -0.3 is 35.8 Å². The molecule has 0 spiro atoms. The van der Waals surface area contributed by atoms with Gasteiger partial charge in [0.1, 0.15) is 24.1 Å². The van der Waals surface area contributed by atoms with E-state index in [1.54, 1.807) is 30.3 Å². The smallest absolute Gasteiger partial charge is 0.455 e. The van der Waals surface area contributed by atoms with Crippen LogP contribution in [-0.2, 0) is 29.8 Å². The molecule has 1 saturated heterocycles. The molecule has 14 heteroatoms. The van der Waals surface area contributed by atoms with Gasteiger partial charge in [0.05, 0.1) is 6.61 Å². The second-order valence-electron chi connectivity index (χ2n) is 7.08. The fraction of sp³-hybridized carbons (Fsp3) is 0.389. The number of nitrogen functional groups attached to an aromatic ring is 1. The van der Waals surface area contributed by atoms with Crippen molar-refractivity contribution in [1.82, 2.24) is 9.55 Å². The first kappa shape index (κ1) is 24.0. The van der Waals surface area contributed by atoms with Gasteiger partial charge in [0.15, 0.2) is 12.3 Å². The molecule has 3 rings (SSSR count). The van der Waals surface area contributed by atoms with Gasteiger partial charge in [-0.05, 0) is 18.1 Å². The summed E-state index contributed by atoms with van der Waals surface area (Å²) < 4.78 is 27.3. The van der Waals surface area contributed by atoms with E-state index >= 15 is 0 Å². The van der Waals surface area contributed by atoms with Gasteiger partial charge in [0, 0.05) is 6.20 Å². The largest absolute Gasteiger partial charge is 0.469 e. The van der Waals surface area contributed by atoms with Gasteiger partial charge in [-0.1, -0.05) is 30.3 Å². The maximum atomic E-state index is 12.5. The molecule has 0 saturated carbocycles. The highest BCUT2D eigenvalue weighted by Gasteiger charge is 2.48. The lowest BCUT2D eigenvalue weighted by atomic mass is 10.1. The summed E-state index contributed by atoms with van der Waals surface area (Å²) in [6.45, 7) is -0.735. The van der Waals surface area contributed by atoms with Crippen molar-refractivity contribution in [3.63, 3.8) is 0 Å². The molecular weight excluding hydrogens is 447 g/mol. The number of carbonyl (C=O) groups excluding carboxylic acids is 1. The van der Waals surface area contributed by atoms with Crippen LogP contribution in [0.5, 0.6) is 0 Å². The van der Waals surface area contributed by atoms with E-state index in [0.29, 0.717) is 0 Å².